The maximum atomic E-state index is 7.05. The van der Waals surface area contributed by atoms with Gasteiger partial charge in [-0.15, -0.1) is 0 Å². The van der Waals surface area contributed by atoms with Crippen molar-refractivity contribution in [3.8, 4) is 11.3 Å². The van der Waals surface area contributed by atoms with Gasteiger partial charge >= 0.3 is 0 Å². The van der Waals surface area contributed by atoms with Gasteiger partial charge < -0.3 is 10.4 Å². The number of aromatic nitrogens is 3. The molecule has 0 fully saturated rings. The van der Waals surface area contributed by atoms with Crippen molar-refractivity contribution in [2.24, 2.45) is 0 Å². The van der Waals surface area contributed by atoms with E-state index in [2.05, 4.69) is 15.0 Å². The molecule has 0 saturated heterocycles. The van der Waals surface area contributed by atoms with Crippen molar-refractivity contribution in [1.29, 1.82) is 5.41 Å². The Morgan fingerprint density at radius 2 is 2.31 bits per heavy atom. The number of nitrogens with zero attached hydrogens (tertiary/aromatic N) is 2. The fourth-order valence-corrected chi connectivity index (χ4v) is 1.26. The van der Waals surface area contributed by atoms with E-state index >= 15 is 0 Å². The van der Waals surface area contributed by atoms with Crippen LogP contribution in [0, 0.1) is 5.41 Å². The molecule has 4 nitrogen and oxygen atoms in total. The predicted molar refractivity (Wildman–Crippen MR) is 64.3 cm³/mol. The molecule has 0 spiro atoms. The predicted octanol–water partition coefficient (Wildman–Crippen LogP) is 1.63. The van der Waals surface area contributed by atoms with Gasteiger partial charge in [-0.25, -0.2) is 4.98 Å². The Bertz CT molecular complexity index is 516. The summed E-state index contributed by atoms with van der Waals surface area (Å²) >= 11 is 0. The van der Waals surface area contributed by atoms with Crippen molar-refractivity contribution >= 4 is 19.5 Å². The van der Waals surface area contributed by atoms with Crippen LogP contribution in [0.25, 0.3) is 17.3 Å². The number of allylic oxidation sites excluding steroid dienone is 1. The summed E-state index contributed by atoms with van der Waals surface area (Å²) in [6, 6.07) is 3.81. The highest BCUT2D eigenvalue weighted by Crippen LogP contribution is 2.15. The summed E-state index contributed by atoms with van der Waals surface area (Å²) in [5.41, 5.74) is 1.85. The van der Waals surface area contributed by atoms with Gasteiger partial charge in [0.15, 0.2) is 0 Å². The minimum absolute atomic E-state index is 0.000622. The average molecular weight is 208 g/mol. The smallest absolute Gasteiger partial charge is 0.140 e. The minimum atomic E-state index is -0.000622. The molecule has 2 N–H and O–H groups in total. The first-order valence-electron chi connectivity index (χ1n) is 4.73. The van der Waals surface area contributed by atoms with Crippen LogP contribution in [-0.2, 0) is 0 Å². The molecule has 0 atom stereocenters. The van der Waals surface area contributed by atoms with Crippen molar-refractivity contribution in [3.63, 3.8) is 0 Å². The van der Waals surface area contributed by atoms with E-state index in [1.165, 1.54) is 6.08 Å². The highest BCUT2D eigenvalue weighted by Gasteiger charge is 2.00. The lowest BCUT2D eigenvalue weighted by atomic mass is 10.0. The minimum Gasteiger partial charge on any atom is -0.338 e. The van der Waals surface area contributed by atoms with Crippen molar-refractivity contribution in [2.45, 2.75) is 0 Å². The molecule has 2 heterocycles. The fraction of sp³-hybridized carbons (Fsp3) is 0. The van der Waals surface area contributed by atoms with E-state index in [1.807, 2.05) is 12.1 Å². The van der Waals surface area contributed by atoms with Crippen LogP contribution in [0.2, 0.25) is 0 Å². The number of hydrogen-bond donors (Lipinski definition) is 2. The van der Waals surface area contributed by atoms with Crippen LogP contribution in [0.3, 0.4) is 0 Å². The maximum Gasteiger partial charge on any atom is 0.140 e. The standard InChI is InChI=1S/C11H9BN4/c12-10(13)3-4-11-15-7-9(16-11)8-2-1-5-14-6-8/h1-7,13H,(H,15,16)/b4-3-,13-10?. The molecule has 5 heteroatoms. The summed E-state index contributed by atoms with van der Waals surface area (Å²) < 4.78 is 0. The second kappa shape index (κ2) is 4.57. The molecule has 0 bridgehead atoms. The number of aromatic amines is 1. The van der Waals surface area contributed by atoms with Crippen molar-refractivity contribution < 1.29 is 0 Å². The van der Waals surface area contributed by atoms with Gasteiger partial charge in [0.05, 0.1) is 11.9 Å². The molecule has 0 saturated carbocycles. The van der Waals surface area contributed by atoms with Gasteiger partial charge in [0, 0.05) is 18.0 Å². The molecular weight excluding hydrogens is 199 g/mol. The van der Waals surface area contributed by atoms with E-state index in [0.29, 0.717) is 5.82 Å². The second-order valence-electron chi connectivity index (χ2n) is 3.21. The molecule has 2 radical (unpaired) electrons. The summed E-state index contributed by atoms with van der Waals surface area (Å²) in [5, 5.41) is 7.05. The average Bonchev–Trinajstić information content (AvgIpc) is 2.76. The molecule has 0 aromatic carbocycles. The quantitative estimate of drug-likeness (QED) is 0.594. The fourth-order valence-electron chi connectivity index (χ4n) is 1.26. The molecule has 0 aliphatic carbocycles. The molecular formula is C11H9BN4. The third-order valence-electron chi connectivity index (χ3n) is 1.99. The summed E-state index contributed by atoms with van der Waals surface area (Å²) in [6.07, 6.45) is 8.33. The lowest BCUT2D eigenvalue weighted by molar-refractivity contribution is 1.26. The number of imidazole rings is 1. The number of nitrogens with one attached hydrogen (secondary N) is 2. The van der Waals surface area contributed by atoms with Crippen LogP contribution >= 0.6 is 0 Å². The van der Waals surface area contributed by atoms with Crippen molar-refractivity contribution in [1.82, 2.24) is 15.0 Å². The van der Waals surface area contributed by atoms with Crippen LogP contribution in [0.1, 0.15) is 5.82 Å². The monoisotopic (exact) mass is 208 g/mol. The third-order valence-corrected chi connectivity index (χ3v) is 1.99. The zero-order chi connectivity index (χ0) is 11.4. The first kappa shape index (κ1) is 10.4. The van der Waals surface area contributed by atoms with Crippen LogP contribution in [0.5, 0.6) is 0 Å². The Hall–Kier alpha value is -2.17. The third kappa shape index (κ3) is 2.45. The Morgan fingerprint density at radius 3 is 3.00 bits per heavy atom. The van der Waals surface area contributed by atoms with E-state index in [4.69, 9.17) is 13.3 Å². The topological polar surface area (TPSA) is 65.4 Å². The number of pyridine rings is 1. The summed E-state index contributed by atoms with van der Waals surface area (Å²) in [6.45, 7) is 0. The highest BCUT2D eigenvalue weighted by molar-refractivity contribution is 6.62. The van der Waals surface area contributed by atoms with Crippen molar-refractivity contribution in [2.75, 3.05) is 0 Å². The largest absolute Gasteiger partial charge is 0.338 e. The highest BCUT2D eigenvalue weighted by atomic mass is 14.9. The van der Waals surface area contributed by atoms with Crippen molar-refractivity contribution in [3.05, 3.63) is 42.6 Å². The molecule has 76 valence electrons. The molecule has 0 aliphatic rings. The maximum absolute atomic E-state index is 7.05. The molecule has 2 aromatic rings. The van der Waals surface area contributed by atoms with Crippen LogP contribution in [0.4, 0.5) is 0 Å². The number of rotatable bonds is 3. The normalized spacial score (nSPS) is 10.8. The SMILES string of the molecule is [B]C(=N)/C=C\c1ncc(-c2cccnc2)[nH]1. The van der Waals surface area contributed by atoms with Gasteiger partial charge in [-0.1, -0.05) is 0 Å². The summed E-state index contributed by atoms with van der Waals surface area (Å²) in [4.78, 5) is 11.3. The van der Waals surface area contributed by atoms with Crippen LogP contribution in [-0.4, -0.2) is 28.4 Å². The summed E-state index contributed by atoms with van der Waals surface area (Å²) in [7, 11) is 5.20. The van der Waals surface area contributed by atoms with E-state index in [-0.39, 0.29) is 5.61 Å². The molecule has 2 aromatic heterocycles. The van der Waals surface area contributed by atoms with Gasteiger partial charge in [0.2, 0.25) is 0 Å². The zero-order valence-electron chi connectivity index (χ0n) is 8.51. The summed E-state index contributed by atoms with van der Waals surface area (Å²) in [5.74, 6) is 0.661. The molecule has 0 unspecified atom stereocenters. The van der Waals surface area contributed by atoms with Gasteiger partial charge in [-0.2, -0.15) is 0 Å². The lowest BCUT2D eigenvalue weighted by Gasteiger charge is -1.93. The van der Waals surface area contributed by atoms with E-state index in [9.17, 15) is 0 Å². The van der Waals surface area contributed by atoms with Gasteiger partial charge in [0.25, 0.3) is 0 Å². The number of H-pyrrole nitrogens is 1. The number of hydrogen-bond acceptors (Lipinski definition) is 3. The lowest BCUT2D eigenvalue weighted by Crippen LogP contribution is -1.86. The molecule has 0 amide bonds. The van der Waals surface area contributed by atoms with Gasteiger partial charge in [-0.3, -0.25) is 4.98 Å². The van der Waals surface area contributed by atoms with E-state index < -0.39 is 0 Å². The Balaban J connectivity index is 2.23. The van der Waals surface area contributed by atoms with Crippen LogP contribution in [0.15, 0.2) is 36.8 Å². The Morgan fingerprint density at radius 1 is 1.44 bits per heavy atom. The van der Waals surface area contributed by atoms with E-state index in [1.54, 1.807) is 24.7 Å². The molecule has 0 aliphatic heterocycles. The molecule has 2 rings (SSSR count). The zero-order valence-corrected chi connectivity index (χ0v) is 8.51. The second-order valence-corrected chi connectivity index (χ2v) is 3.21. The first-order chi connectivity index (χ1) is 7.75. The van der Waals surface area contributed by atoms with Gasteiger partial charge in [-0.05, 0) is 29.9 Å². The first-order valence-corrected chi connectivity index (χ1v) is 4.73. The molecule has 16 heavy (non-hydrogen) atoms. The van der Waals surface area contributed by atoms with Gasteiger partial charge in [0.1, 0.15) is 13.7 Å². The van der Waals surface area contributed by atoms with Crippen LogP contribution < -0.4 is 0 Å². The Labute approximate surface area is 94.4 Å². The van der Waals surface area contributed by atoms with E-state index in [0.717, 1.165) is 11.3 Å². The Kier molecular flexibility index (Phi) is 2.96.